The van der Waals surface area contributed by atoms with Crippen LogP contribution in [0.4, 0.5) is 0 Å². The Morgan fingerprint density at radius 3 is 2.27 bits per heavy atom. The third-order valence-corrected chi connectivity index (χ3v) is 4.14. The van der Waals surface area contributed by atoms with E-state index >= 15 is 0 Å². The minimum Gasteiger partial charge on any atom is -0.326 e. The molecule has 0 saturated carbocycles. The molecule has 1 saturated heterocycles. The van der Waals surface area contributed by atoms with Crippen LogP contribution in [0.2, 0.25) is 0 Å². The maximum atomic E-state index is 2.48. The molecule has 0 aliphatic carbocycles. The lowest BCUT2D eigenvalue weighted by Crippen LogP contribution is -2.50. The van der Waals surface area contributed by atoms with Crippen molar-refractivity contribution >= 4 is 0 Å². The Hall–Kier alpha value is -0.0400. The van der Waals surface area contributed by atoms with Crippen LogP contribution in [0.25, 0.3) is 0 Å². The molecule has 0 amide bonds. The van der Waals surface area contributed by atoms with E-state index < -0.39 is 0 Å². The quantitative estimate of drug-likeness (QED) is 0.587. The third-order valence-electron chi connectivity index (χ3n) is 4.14. The molecule has 1 fully saturated rings. The van der Waals surface area contributed by atoms with Gasteiger partial charge in [0.1, 0.15) is 0 Å². The maximum absolute atomic E-state index is 2.48. The van der Waals surface area contributed by atoms with Crippen molar-refractivity contribution in [3.63, 3.8) is 0 Å². The summed E-state index contributed by atoms with van der Waals surface area (Å²) in [6.07, 6.45) is 10.0. The summed E-state index contributed by atoms with van der Waals surface area (Å²) >= 11 is 0. The van der Waals surface area contributed by atoms with Gasteiger partial charge >= 0.3 is 0 Å². The lowest BCUT2D eigenvalue weighted by atomic mass is 9.96. The number of likely N-dealkylation sites (tertiary alicyclic amines) is 1. The van der Waals surface area contributed by atoms with E-state index in [1.807, 2.05) is 0 Å². The highest BCUT2D eigenvalue weighted by Gasteiger charge is 2.27. The molecule has 1 heteroatoms. The normalized spacial score (nSPS) is 22.6. The highest BCUT2D eigenvalue weighted by Crippen LogP contribution is 2.22. The van der Waals surface area contributed by atoms with Crippen LogP contribution in [-0.2, 0) is 0 Å². The van der Waals surface area contributed by atoms with E-state index in [1.165, 1.54) is 69.1 Å². The Morgan fingerprint density at radius 1 is 1.07 bits per heavy atom. The van der Waals surface area contributed by atoms with Gasteiger partial charge in [-0.05, 0) is 32.1 Å². The summed E-state index contributed by atoms with van der Waals surface area (Å²) in [7, 11) is 2.48. The van der Waals surface area contributed by atoms with E-state index in [-0.39, 0.29) is 0 Å². The molecule has 0 bridgehead atoms. The minimum absolute atomic E-state index is 0.980. The van der Waals surface area contributed by atoms with Crippen molar-refractivity contribution in [1.29, 1.82) is 0 Å². The van der Waals surface area contributed by atoms with Crippen molar-refractivity contribution in [2.24, 2.45) is 5.92 Å². The largest absolute Gasteiger partial charge is 0.326 e. The first-order valence-corrected chi connectivity index (χ1v) is 7.03. The number of unbranched alkanes of at least 4 members (excludes halogenated alkanes) is 1. The average Bonchev–Trinajstić information content (AvgIpc) is 2.25. The fraction of sp³-hybridized carbons (Fsp3) is 1.00. The Morgan fingerprint density at radius 2 is 1.73 bits per heavy atom. The van der Waals surface area contributed by atoms with Crippen LogP contribution in [-0.4, -0.2) is 31.2 Å². The molecule has 15 heavy (non-hydrogen) atoms. The Bertz CT molecular complexity index is 159. The minimum atomic E-state index is 0.980. The standard InChI is InChI=1S/C14H30N/c1-4-6-10-14(5-2)13-15(3)11-8-7-9-12-15/h14H,4-13H2,1-3H3/q+1. The number of rotatable bonds is 6. The van der Waals surface area contributed by atoms with Gasteiger partial charge < -0.3 is 4.48 Å². The van der Waals surface area contributed by atoms with Crippen molar-refractivity contribution < 1.29 is 4.48 Å². The van der Waals surface area contributed by atoms with Gasteiger partial charge in [-0.25, -0.2) is 0 Å². The van der Waals surface area contributed by atoms with E-state index in [1.54, 1.807) is 0 Å². The van der Waals surface area contributed by atoms with Crippen molar-refractivity contribution in [2.75, 3.05) is 26.7 Å². The summed E-state index contributed by atoms with van der Waals surface area (Å²) in [5.41, 5.74) is 0. The van der Waals surface area contributed by atoms with Gasteiger partial charge in [-0.2, -0.15) is 0 Å². The molecule has 0 aromatic rings. The lowest BCUT2D eigenvalue weighted by Gasteiger charge is -2.40. The van der Waals surface area contributed by atoms with Crippen LogP contribution < -0.4 is 0 Å². The van der Waals surface area contributed by atoms with Gasteiger partial charge in [0.05, 0.1) is 26.7 Å². The predicted molar refractivity (Wildman–Crippen MR) is 67.9 cm³/mol. The average molecular weight is 212 g/mol. The molecular weight excluding hydrogens is 182 g/mol. The molecule has 1 atom stereocenters. The van der Waals surface area contributed by atoms with Gasteiger partial charge in [0.25, 0.3) is 0 Å². The molecule has 0 N–H and O–H groups in total. The van der Waals surface area contributed by atoms with Crippen LogP contribution >= 0.6 is 0 Å². The highest BCUT2D eigenvalue weighted by molar-refractivity contribution is 4.60. The molecule has 1 nitrogen and oxygen atoms in total. The molecule has 1 unspecified atom stereocenters. The van der Waals surface area contributed by atoms with Gasteiger partial charge in [0.2, 0.25) is 0 Å². The van der Waals surface area contributed by atoms with E-state index in [0.29, 0.717) is 0 Å². The van der Waals surface area contributed by atoms with Crippen molar-refractivity contribution in [3.05, 3.63) is 0 Å². The molecule has 0 aromatic carbocycles. The number of hydrogen-bond donors (Lipinski definition) is 0. The first-order valence-electron chi connectivity index (χ1n) is 7.03. The van der Waals surface area contributed by atoms with Crippen LogP contribution in [0.15, 0.2) is 0 Å². The molecule has 1 aliphatic rings. The van der Waals surface area contributed by atoms with Crippen molar-refractivity contribution in [1.82, 2.24) is 0 Å². The number of nitrogens with zero attached hydrogens (tertiary/aromatic N) is 1. The van der Waals surface area contributed by atoms with Gasteiger partial charge in [0, 0.05) is 5.92 Å². The molecule has 90 valence electrons. The van der Waals surface area contributed by atoms with Gasteiger partial charge in [0.15, 0.2) is 0 Å². The van der Waals surface area contributed by atoms with Crippen LogP contribution in [0.1, 0.15) is 58.8 Å². The number of piperidine rings is 1. The molecule has 0 radical (unpaired) electrons. The second kappa shape index (κ2) is 6.52. The fourth-order valence-electron chi connectivity index (χ4n) is 3.00. The highest BCUT2D eigenvalue weighted by atomic mass is 15.3. The van der Waals surface area contributed by atoms with E-state index in [4.69, 9.17) is 0 Å². The summed E-state index contributed by atoms with van der Waals surface area (Å²) in [5.74, 6) is 0.980. The zero-order valence-corrected chi connectivity index (χ0v) is 11.1. The van der Waals surface area contributed by atoms with Crippen LogP contribution in [0.5, 0.6) is 0 Å². The number of quaternary nitrogens is 1. The van der Waals surface area contributed by atoms with Crippen LogP contribution in [0.3, 0.4) is 0 Å². The fourth-order valence-corrected chi connectivity index (χ4v) is 3.00. The van der Waals surface area contributed by atoms with E-state index in [2.05, 4.69) is 20.9 Å². The van der Waals surface area contributed by atoms with Gasteiger partial charge in [-0.3, -0.25) is 0 Å². The monoisotopic (exact) mass is 212 g/mol. The molecular formula is C14H30N+. The summed E-state index contributed by atoms with van der Waals surface area (Å²) in [6, 6.07) is 0. The molecule has 1 heterocycles. The Labute approximate surface area is 96.4 Å². The topological polar surface area (TPSA) is 0 Å². The molecule has 0 spiro atoms. The smallest absolute Gasteiger partial charge is 0.0813 e. The summed E-state index contributed by atoms with van der Waals surface area (Å²) < 4.78 is 1.36. The first kappa shape index (κ1) is 13.0. The molecule has 1 aliphatic heterocycles. The zero-order chi connectivity index (χ0) is 11.1. The van der Waals surface area contributed by atoms with Crippen molar-refractivity contribution in [3.8, 4) is 0 Å². The third kappa shape index (κ3) is 4.55. The first-order chi connectivity index (χ1) is 7.20. The molecule has 1 rings (SSSR count). The summed E-state index contributed by atoms with van der Waals surface area (Å²) in [6.45, 7) is 8.99. The Kier molecular flexibility index (Phi) is 5.66. The van der Waals surface area contributed by atoms with Gasteiger partial charge in [-0.1, -0.05) is 26.7 Å². The predicted octanol–water partition coefficient (Wildman–Crippen LogP) is 3.83. The van der Waals surface area contributed by atoms with Crippen LogP contribution in [0, 0.1) is 5.92 Å². The summed E-state index contributed by atoms with van der Waals surface area (Å²) in [5, 5.41) is 0. The van der Waals surface area contributed by atoms with E-state index in [0.717, 1.165) is 5.92 Å². The second-order valence-electron chi connectivity index (χ2n) is 5.73. The van der Waals surface area contributed by atoms with Crippen molar-refractivity contribution in [2.45, 2.75) is 58.8 Å². The van der Waals surface area contributed by atoms with E-state index in [9.17, 15) is 0 Å². The zero-order valence-electron chi connectivity index (χ0n) is 11.1. The Balaban J connectivity index is 2.34. The molecule has 0 aromatic heterocycles. The van der Waals surface area contributed by atoms with Gasteiger partial charge in [-0.15, -0.1) is 0 Å². The number of hydrogen-bond acceptors (Lipinski definition) is 0. The second-order valence-corrected chi connectivity index (χ2v) is 5.73. The summed E-state index contributed by atoms with van der Waals surface area (Å²) in [4.78, 5) is 0. The maximum Gasteiger partial charge on any atom is 0.0813 e. The lowest BCUT2D eigenvalue weighted by molar-refractivity contribution is -0.917. The SMILES string of the molecule is CCCCC(CC)C[N+]1(C)CCCCC1.